The van der Waals surface area contributed by atoms with Crippen molar-refractivity contribution in [2.24, 2.45) is 5.73 Å². The summed E-state index contributed by atoms with van der Waals surface area (Å²) in [6, 6.07) is 4.99. The molecule has 2 N–H and O–H groups in total. The second-order valence-electron chi connectivity index (χ2n) is 4.92. The molecule has 0 aromatic heterocycles. The molecule has 0 atom stereocenters. The molecule has 0 aliphatic heterocycles. The Morgan fingerprint density at radius 1 is 1.18 bits per heavy atom. The van der Waals surface area contributed by atoms with Gasteiger partial charge in [-0.15, -0.1) is 0 Å². The van der Waals surface area contributed by atoms with Crippen molar-refractivity contribution >= 4 is 0 Å². The lowest BCUT2D eigenvalue weighted by Gasteiger charge is -2.29. The van der Waals surface area contributed by atoms with Crippen molar-refractivity contribution in [2.75, 3.05) is 7.11 Å². The highest BCUT2D eigenvalue weighted by molar-refractivity contribution is 5.33. The van der Waals surface area contributed by atoms with Gasteiger partial charge in [0.1, 0.15) is 11.6 Å². The van der Waals surface area contributed by atoms with E-state index in [1.54, 1.807) is 12.1 Å². The van der Waals surface area contributed by atoms with Gasteiger partial charge in [0.05, 0.1) is 7.11 Å². The molecule has 2 rings (SSSR count). The fourth-order valence-corrected chi connectivity index (χ4v) is 2.66. The summed E-state index contributed by atoms with van der Waals surface area (Å²) in [5.74, 6) is 0.303. The standard InChI is InChI=1S/C14H20FNO/c1-17-11-6-7-12(13(15)10-11)14(16)8-4-2-3-5-9-14/h6-7,10H,2-5,8-9,16H2,1H3. The smallest absolute Gasteiger partial charge is 0.131 e. The van der Waals surface area contributed by atoms with Gasteiger partial charge in [-0.25, -0.2) is 4.39 Å². The first-order chi connectivity index (χ1) is 8.15. The maximum Gasteiger partial charge on any atom is 0.131 e. The largest absolute Gasteiger partial charge is 0.497 e. The van der Waals surface area contributed by atoms with Crippen LogP contribution in [-0.2, 0) is 5.54 Å². The van der Waals surface area contributed by atoms with Gasteiger partial charge in [-0.05, 0) is 18.9 Å². The normalized spacial score (nSPS) is 19.7. The minimum absolute atomic E-state index is 0.242. The van der Waals surface area contributed by atoms with E-state index >= 15 is 0 Å². The topological polar surface area (TPSA) is 35.2 Å². The lowest BCUT2D eigenvalue weighted by Crippen LogP contribution is -2.36. The molecule has 0 amide bonds. The average molecular weight is 237 g/mol. The minimum Gasteiger partial charge on any atom is -0.497 e. The summed E-state index contributed by atoms with van der Waals surface area (Å²) in [5.41, 5.74) is 6.54. The summed E-state index contributed by atoms with van der Waals surface area (Å²) in [4.78, 5) is 0. The average Bonchev–Trinajstić information content (AvgIpc) is 2.54. The zero-order valence-corrected chi connectivity index (χ0v) is 10.3. The summed E-state index contributed by atoms with van der Waals surface area (Å²) in [6.07, 6.45) is 6.32. The van der Waals surface area contributed by atoms with E-state index < -0.39 is 5.54 Å². The fourth-order valence-electron chi connectivity index (χ4n) is 2.66. The molecule has 1 saturated carbocycles. The Morgan fingerprint density at radius 3 is 2.35 bits per heavy atom. The number of hydrogen-bond donors (Lipinski definition) is 1. The molecule has 1 aliphatic carbocycles. The SMILES string of the molecule is COc1ccc(C2(N)CCCCCC2)c(F)c1. The van der Waals surface area contributed by atoms with E-state index in [2.05, 4.69) is 0 Å². The number of rotatable bonds is 2. The first-order valence-corrected chi connectivity index (χ1v) is 6.29. The van der Waals surface area contributed by atoms with Crippen LogP contribution in [-0.4, -0.2) is 7.11 Å². The number of hydrogen-bond acceptors (Lipinski definition) is 2. The number of ether oxygens (including phenoxy) is 1. The lowest BCUT2D eigenvalue weighted by atomic mass is 9.83. The lowest BCUT2D eigenvalue weighted by molar-refractivity contribution is 0.364. The number of methoxy groups -OCH3 is 1. The highest BCUT2D eigenvalue weighted by Gasteiger charge is 2.30. The summed E-state index contributed by atoms with van der Waals surface area (Å²) in [7, 11) is 1.54. The summed E-state index contributed by atoms with van der Waals surface area (Å²) in [5, 5.41) is 0. The van der Waals surface area contributed by atoms with Crippen LogP contribution in [0.4, 0.5) is 4.39 Å². The van der Waals surface area contributed by atoms with Gasteiger partial charge in [0, 0.05) is 17.2 Å². The van der Waals surface area contributed by atoms with Gasteiger partial charge in [-0.1, -0.05) is 31.7 Å². The van der Waals surface area contributed by atoms with Crippen LogP contribution in [0.1, 0.15) is 44.1 Å². The van der Waals surface area contributed by atoms with Crippen LogP contribution in [0.15, 0.2) is 18.2 Å². The van der Waals surface area contributed by atoms with E-state index in [4.69, 9.17) is 10.5 Å². The molecule has 0 bridgehead atoms. The summed E-state index contributed by atoms with van der Waals surface area (Å²) in [6.45, 7) is 0. The van der Waals surface area contributed by atoms with Crippen molar-refractivity contribution < 1.29 is 9.13 Å². The number of benzene rings is 1. The molecule has 0 spiro atoms. The van der Waals surface area contributed by atoms with Crippen LogP contribution < -0.4 is 10.5 Å². The molecular formula is C14H20FNO. The van der Waals surface area contributed by atoms with E-state index in [1.165, 1.54) is 26.0 Å². The predicted octanol–water partition coefficient (Wildman–Crippen LogP) is 3.34. The molecule has 1 aromatic carbocycles. The third-order valence-electron chi connectivity index (χ3n) is 3.71. The molecule has 17 heavy (non-hydrogen) atoms. The Hall–Kier alpha value is -1.09. The molecule has 1 fully saturated rings. The van der Waals surface area contributed by atoms with Crippen molar-refractivity contribution in [3.05, 3.63) is 29.6 Å². The van der Waals surface area contributed by atoms with Crippen molar-refractivity contribution in [1.82, 2.24) is 0 Å². The number of halogens is 1. The molecule has 0 saturated heterocycles. The molecule has 0 radical (unpaired) electrons. The first-order valence-electron chi connectivity index (χ1n) is 6.29. The van der Waals surface area contributed by atoms with Crippen LogP contribution >= 0.6 is 0 Å². The van der Waals surface area contributed by atoms with Crippen LogP contribution in [0.3, 0.4) is 0 Å². The first kappa shape index (κ1) is 12.4. The second-order valence-corrected chi connectivity index (χ2v) is 4.92. The van der Waals surface area contributed by atoms with Crippen molar-refractivity contribution in [2.45, 2.75) is 44.1 Å². The van der Waals surface area contributed by atoms with Crippen molar-refractivity contribution in [1.29, 1.82) is 0 Å². The molecule has 2 nitrogen and oxygen atoms in total. The Labute approximate surface area is 102 Å². The van der Waals surface area contributed by atoms with E-state index in [1.807, 2.05) is 0 Å². The molecule has 0 unspecified atom stereocenters. The van der Waals surface area contributed by atoms with E-state index in [0.717, 1.165) is 25.7 Å². The zero-order chi connectivity index (χ0) is 12.3. The third-order valence-corrected chi connectivity index (χ3v) is 3.71. The molecular weight excluding hydrogens is 217 g/mol. The molecule has 94 valence electrons. The highest BCUT2D eigenvalue weighted by Crippen LogP contribution is 2.35. The monoisotopic (exact) mass is 237 g/mol. The van der Waals surface area contributed by atoms with Gasteiger partial charge in [-0.3, -0.25) is 0 Å². The Morgan fingerprint density at radius 2 is 1.82 bits per heavy atom. The molecule has 1 aliphatic rings. The van der Waals surface area contributed by atoms with Crippen LogP contribution in [0.2, 0.25) is 0 Å². The molecule has 0 heterocycles. The number of nitrogens with two attached hydrogens (primary N) is 1. The van der Waals surface area contributed by atoms with Crippen LogP contribution in [0, 0.1) is 5.82 Å². The molecule has 3 heteroatoms. The van der Waals surface area contributed by atoms with Gasteiger partial charge < -0.3 is 10.5 Å². The van der Waals surface area contributed by atoms with Crippen LogP contribution in [0.25, 0.3) is 0 Å². The van der Waals surface area contributed by atoms with E-state index in [-0.39, 0.29) is 5.82 Å². The second kappa shape index (κ2) is 5.05. The Kier molecular flexibility index (Phi) is 3.67. The minimum atomic E-state index is -0.493. The van der Waals surface area contributed by atoms with Gasteiger partial charge in [0.25, 0.3) is 0 Å². The highest BCUT2D eigenvalue weighted by atomic mass is 19.1. The Balaban J connectivity index is 2.31. The third kappa shape index (κ3) is 2.60. The Bertz CT molecular complexity index is 384. The van der Waals surface area contributed by atoms with Crippen molar-refractivity contribution in [3.8, 4) is 5.75 Å². The van der Waals surface area contributed by atoms with E-state index in [9.17, 15) is 4.39 Å². The fraction of sp³-hybridized carbons (Fsp3) is 0.571. The van der Waals surface area contributed by atoms with Gasteiger partial charge in [-0.2, -0.15) is 0 Å². The van der Waals surface area contributed by atoms with E-state index in [0.29, 0.717) is 11.3 Å². The zero-order valence-electron chi connectivity index (χ0n) is 10.3. The maximum atomic E-state index is 14.0. The quantitative estimate of drug-likeness (QED) is 0.801. The van der Waals surface area contributed by atoms with Crippen LogP contribution in [0.5, 0.6) is 5.75 Å². The van der Waals surface area contributed by atoms with Gasteiger partial charge >= 0.3 is 0 Å². The maximum absolute atomic E-state index is 14.0. The molecule has 1 aromatic rings. The van der Waals surface area contributed by atoms with Crippen molar-refractivity contribution in [3.63, 3.8) is 0 Å². The predicted molar refractivity (Wildman–Crippen MR) is 66.5 cm³/mol. The summed E-state index contributed by atoms with van der Waals surface area (Å²) < 4.78 is 19.1. The van der Waals surface area contributed by atoms with Gasteiger partial charge in [0.2, 0.25) is 0 Å². The van der Waals surface area contributed by atoms with Gasteiger partial charge in [0.15, 0.2) is 0 Å². The summed E-state index contributed by atoms with van der Waals surface area (Å²) >= 11 is 0.